The molecular weight excluding hydrogens is 488 g/mol. The number of nitrogens with zero attached hydrogens (tertiary/aromatic N) is 1. The molecule has 7 heteroatoms. The number of Topliss-reactive ketones (excluding diaryl/α,β-unsaturated/α-hetero) is 1. The molecule has 0 bridgehead atoms. The van der Waals surface area contributed by atoms with Crippen molar-refractivity contribution in [3.05, 3.63) is 16.6 Å². The summed E-state index contributed by atoms with van der Waals surface area (Å²) in [7, 11) is 0. The minimum atomic E-state index is -0.588. The number of ether oxygens (including phenoxy) is 1. The second-order valence-corrected chi connectivity index (χ2v) is 14.1. The zero-order valence-electron chi connectivity index (χ0n) is 23.6. The van der Waals surface area contributed by atoms with Crippen molar-refractivity contribution in [3.63, 3.8) is 0 Å². The highest BCUT2D eigenvalue weighted by Crippen LogP contribution is 2.40. The fraction of sp³-hybridized carbons (Fsp3) is 0.759. The molecule has 1 N–H and O–H groups in total. The van der Waals surface area contributed by atoms with Crippen LogP contribution < -0.4 is 5.32 Å². The predicted molar refractivity (Wildman–Crippen MR) is 151 cm³/mol. The number of carbonyl (C=O) groups is 2. The first-order chi connectivity index (χ1) is 16.8. The summed E-state index contributed by atoms with van der Waals surface area (Å²) in [6, 6.07) is 0.325. The maximum atomic E-state index is 13.6. The van der Waals surface area contributed by atoms with Gasteiger partial charge >= 0.3 is 5.97 Å². The van der Waals surface area contributed by atoms with Crippen molar-refractivity contribution < 1.29 is 14.3 Å². The molecule has 3 rings (SSSR count). The molecule has 0 saturated carbocycles. The number of thiazole rings is 1. The highest BCUT2D eigenvalue weighted by molar-refractivity contribution is 8.00. The molecule has 5 nitrogen and oxygen atoms in total. The van der Waals surface area contributed by atoms with Crippen molar-refractivity contribution in [2.45, 2.75) is 110 Å². The lowest BCUT2D eigenvalue weighted by molar-refractivity contribution is -0.150. The summed E-state index contributed by atoms with van der Waals surface area (Å²) in [6.07, 6.45) is 8.09. The van der Waals surface area contributed by atoms with Crippen LogP contribution in [0.2, 0.25) is 0 Å². The van der Waals surface area contributed by atoms with E-state index < -0.39 is 5.41 Å². The molecule has 0 radical (unpaired) electrons. The molecular formula is C29H46N2O3S2. The van der Waals surface area contributed by atoms with E-state index in [9.17, 15) is 9.59 Å². The van der Waals surface area contributed by atoms with E-state index in [1.807, 2.05) is 45.4 Å². The van der Waals surface area contributed by atoms with Gasteiger partial charge in [-0.3, -0.25) is 9.59 Å². The van der Waals surface area contributed by atoms with Crippen molar-refractivity contribution in [1.29, 1.82) is 0 Å². The number of thioether (sulfide) groups is 1. The molecule has 0 spiro atoms. The van der Waals surface area contributed by atoms with Gasteiger partial charge in [-0.25, -0.2) is 4.98 Å². The molecule has 2 aliphatic heterocycles. The van der Waals surface area contributed by atoms with E-state index in [0.29, 0.717) is 17.9 Å². The van der Waals surface area contributed by atoms with E-state index in [0.717, 1.165) is 41.3 Å². The lowest BCUT2D eigenvalue weighted by Crippen LogP contribution is -2.40. The van der Waals surface area contributed by atoms with Crippen LogP contribution in [0.4, 0.5) is 0 Å². The van der Waals surface area contributed by atoms with Crippen LogP contribution >= 0.6 is 23.1 Å². The van der Waals surface area contributed by atoms with E-state index in [-0.39, 0.29) is 41.7 Å². The molecule has 3 heterocycles. The Morgan fingerprint density at radius 1 is 1.22 bits per heavy atom. The van der Waals surface area contributed by atoms with Gasteiger partial charge in [-0.15, -0.1) is 11.3 Å². The van der Waals surface area contributed by atoms with Gasteiger partial charge < -0.3 is 10.1 Å². The minimum Gasteiger partial charge on any atom is -0.458 e. The molecule has 0 unspecified atom stereocenters. The Balaban J connectivity index is 1.85. The maximum absolute atomic E-state index is 13.6. The molecule has 7 atom stereocenters. The van der Waals surface area contributed by atoms with E-state index in [1.165, 1.54) is 0 Å². The van der Waals surface area contributed by atoms with Gasteiger partial charge in [0.25, 0.3) is 0 Å². The van der Waals surface area contributed by atoms with Gasteiger partial charge in [-0.1, -0.05) is 66.1 Å². The number of cyclic esters (lactones) is 1. The summed E-state index contributed by atoms with van der Waals surface area (Å²) < 4.78 is 7.16. The van der Waals surface area contributed by atoms with Crippen molar-refractivity contribution in [2.75, 3.05) is 6.26 Å². The summed E-state index contributed by atoms with van der Waals surface area (Å²) in [5, 5.41) is 5.74. The van der Waals surface area contributed by atoms with Crippen molar-refractivity contribution >= 4 is 40.9 Å². The SMILES string of the molecule is CSc1nc(/C=C(\C)[C@@H]2C[C@@H]3N[C@]3(C)CCC[C@H](C)[C@H](C)[C@@H](C)C(=O)C(C)(C)[C@@H](C)CC(=O)O2)cs1. The smallest absolute Gasteiger partial charge is 0.306 e. The number of esters is 1. The topological polar surface area (TPSA) is 78.2 Å². The summed E-state index contributed by atoms with van der Waals surface area (Å²) in [5.41, 5.74) is 1.41. The molecule has 1 aromatic rings. The third-order valence-electron chi connectivity index (χ3n) is 9.27. The normalized spacial score (nSPS) is 36.8. The van der Waals surface area contributed by atoms with Crippen LogP contribution in [-0.4, -0.2) is 40.7 Å². The second kappa shape index (κ2) is 11.7. The number of nitrogens with one attached hydrogen (secondary N) is 1. The zero-order valence-corrected chi connectivity index (χ0v) is 25.3. The fourth-order valence-corrected chi connectivity index (χ4v) is 6.77. The van der Waals surface area contributed by atoms with Gasteiger partial charge in [-0.2, -0.15) is 0 Å². The maximum Gasteiger partial charge on any atom is 0.306 e. The van der Waals surface area contributed by atoms with E-state index in [4.69, 9.17) is 4.74 Å². The molecule has 0 aliphatic carbocycles. The van der Waals surface area contributed by atoms with E-state index in [1.54, 1.807) is 23.1 Å². The number of hydrogen-bond acceptors (Lipinski definition) is 7. The standard InChI is InChI=1S/C29H46N2O3S2/c1-17-11-10-12-29(8)24(31-29)15-23(18(2)13-22-16-36-27(30-22)35-9)34-25(32)14-19(3)28(6,7)26(33)21(5)20(17)4/h13,16-17,19-21,23-24,31H,10-12,14-15H2,1-9H3/b18-13+/t17-,19-,20-,21+,23-,24-,29+/m0/s1. The van der Waals surface area contributed by atoms with Crippen molar-refractivity contribution in [3.8, 4) is 0 Å². The van der Waals surface area contributed by atoms with Gasteiger partial charge in [0, 0.05) is 41.1 Å². The Kier molecular flexibility index (Phi) is 9.54. The Morgan fingerprint density at radius 2 is 1.92 bits per heavy atom. The minimum absolute atomic E-state index is 0.0361. The third-order valence-corrected chi connectivity index (χ3v) is 11.1. The van der Waals surface area contributed by atoms with Crippen LogP contribution in [0.5, 0.6) is 0 Å². The van der Waals surface area contributed by atoms with Crippen LogP contribution in [0.15, 0.2) is 15.3 Å². The van der Waals surface area contributed by atoms with Gasteiger partial charge in [0.2, 0.25) is 0 Å². The third kappa shape index (κ3) is 6.82. The molecule has 36 heavy (non-hydrogen) atoms. The molecule has 0 amide bonds. The molecule has 2 aliphatic rings. The van der Waals surface area contributed by atoms with Gasteiger partial charge in [0.1, 0.15) is 16.2 Å². The predicted octanol–water partition coefficient (Wildman–Crippen LogP) is 7.01. The van der Waals surface area contributed by atoms with Crippen LogP contribution in [-0.2, 0) is 14.3 Å². The van der Waals surface area contributed by atoms with Crippen LogP contribution in [0.25, 0.3) is 6.08 Å². The Hall–Kier alpha value is -1.18. The molecule has 0 aromatic carbocycles. The van der Waals surface area contributed by atoms with E-state index >= 15 is 0 Å². The Morgan fingerprint density at radius 3 is 2.56 bits per heavy atom. The Bertz CT molecular complexity index is 971. The quantitative estimate of drug-likeness (QED) is 0.255. The van der Waals surface area contributed by atoms with Gasteiger partial charge in [0.05, 0.1) is 5.69 Å². The largest absolute Gasteiger partial charge is 0.458 e. The lowest BCUT2D eigenvalue weighted by Gasteiger charge is -2.36. The van der Waals surface area contributed by atoms with Gasteiger partial charge in [-0.05, 0) is 55.9 Å². The summed E-state index contributed by atoms with van der Waals surface area (Å²) >= 11 is 3.27. The number of aromatic nitrogens is 1. The Labute approximate surface area is 226 Å². The first kappa shape index (κ1) is 29.4. The number of ketones is 1. The fourth-order valence-electron chi connectivity index (χ4n) is 5.55. The molecule has 2 saturated heterocycles. The molecule has 202 valence electrons. The van der Waals surface area contributed by atoms with Crippen LogP contribution in [0.3, 0.4) is 0 Å². The monoisotopic (exact) mass is 534 g/mol. The zero-order chi connectivity index (χ0) is 26.8. The first-order valence-corrected chi connectivity index (χ1v) is 15.6. The highest BCUT2D eigenvalue weighted by Gasteiger charge is 2.50. The lowest BCUT2D eigenvalue weighted by atomic mass is 9.67. The van der Waals surface area contributed by atoms with Crippen molar-refractivity contribution in [1.82, 2.24) is 10.3 Å². The number of hydrogen-bond donors (Lipinski definition) is 1. The van der Waals surface area contributed by atoms with Crippen LogP contribution in [0, 0.1) is 29.1 Å². The highest BCUT2D eigenvalue weighted by atomic mass is 32.2. The number of carbonyl (C=O) groups excluding carboxylic acids is 2. The molecule has 2 fully saturated rings. The van der Waals surface area contributed by atoms with Crippen molar-refractivity contribution in [2.24, 2.45) is 29.1 Å². The van der Waals surface area contributed by atoms with Crippen LogP contribution in [0.1, 0.15) is 93.2 Å². The second-order valence-electron chi connectivity index (χ2n) is 12.2. The summed E-state index contributed by atoms with van der Waals surface area (Å²) in [5.74, 6) is 0.682. The van der Waals surface area contributed by atoms with E-state index in [2.05, 4.69) is 38.0 Å². The first-order valence-electron chi connectivity index (χ1n) is 13.5. The summed E-state index contributed by atoms with van der Waals surface area (Å²) in [4.78, 5) is 31.4. The van der Waals surface area contributed by atoms with Gasteiger partial charge in [0.15, 0.2) is 0 Å². The number of fused-ring (bicyclic) bond motifs is 1. The average molecular weight is 535 g/mol. The average Bonchev–Trinajstić information content (AvgIpc) is 3.23. The molecule has 1 aromatic heterocycles. The summed E-state index contributed by atoms with van der Waals surface area (Å²) in [6.45, 7) is 16.9. The number of rotatable bonds is 3.